The number of hydrogen-bond donors (Lipinski definition) is 0. The van der Waals surface area contributed by atoms with Crippen molar-refractivity contribution in [3.05, 3.63) is 12.4 Å². The molecule has 0 saturated carbocycles. The molecule has 1 atom stereocenters. The van der Waals surface area contributed by atoms with Crippen molar-refractivity contribution >= 4 is 0 Å². The maximum atomic E-state index is 2.51. The van der Waals surface area contributed by atoms with Gasteiger partial charge in [0.25, 0.3) is 0 Å². The Morgan fingerprint density at radius 3 is 2.38 bits per heavy atom. The molecule has 1 unspecified atom stereocenters. The monoisotopic (exact) mass is 224 g/mol. The minimum atomic E-state index is 0.599. The van der Waals surface area contributed by atoms with Crippen LogP contribution in [0, 0.1) is 0 Å². The lowest BCUT2D eigenvalue weighted by Crippen LogP contribution is -2.41. The van der Waals surface area contributed by atoms with Crippen LogP contribution in [-0.2, 0) is 0 Å². The summed E-state index contributed by atoms with van der Waals surface area (Å²) in [5.74, 6) is 0. The van der Waals surface area contributed by atoms with Gasteiger partial charge in [-0.05, 0) is 26.7 Å². The Balaban J connectivity index is 2.34. The maximum absolute atomic E-state index is 2.51. The molecule has 0 fully saturated rings. The van der Waals surface area contributed by atoms with Gasteiger partial charge in [0.2, 0.25) is 0 Å². The second-order valence-corrected chi connectivity index (χ2v) is 5.03. The van der Waals surface area contributed by atoms with Gasteiger partial charge in [-0.2, -0.15) is 0 Å². The Kier molecular flexibility index (Phi) is 5.72. The van der Waals surface area contributed by atoms with Gasteiger partial charge in [0.15, 0.2) is 0 Å². The zero-order valence-electron chi connectivity index (χ0n) is 11.4. The van der Waals surface area contributed by atoms with Crippen molar-refractivity contribution in [2.45, 2.75) is 72.0 Å². The number of hydrogen-bond acceptors (Lipinski definition) is 2. The molecule has 0 saturated heterocycles. The molecule has 0 N–H and O–H groups in total. The first kappa shape index (κ1) is 13.4. The number of nitrogens with zero attached hydrogens (tertiary/aromatic N) is 2. The molecular weight excluding hydrogens is 196 g/mol. The number of rotatable bonds is 7. The molecule has 0 aliphatic carbocycles. The van der Waals surface area contributed by atoms with Crippen molar-refractivity contribution < 1.29 is 0 Å². The summed E-state index contributed by atoms with van der Waals surface area (Å²) in [6, 6.07) is 0.613. The molecule has 0 aromatic carbocycles. The van der Waals surface area contributed by atoms with E-state index in [0.29, 0.717) is 12.2 Å². The van der Waals surface area contributed by atoms with E-state index in [2.05, 4.69) is 49.9 Å². The third-order valence-electron chi connectivity index (χ3n) is 3.39. The Morgan fingerprint density at radius 2 is 1.81 bits per heavy atom. The molecule has 2 heteroatoms. The normalized spacial score (nSPS) is 20.2. The highest BCUT2D eigenvalue weighted by atomic mass is 15.4. The van der Waals surface area contributed by atoms with Crippen LogP contribution in [0.25, 0.3) is 0 Å². The van der Waals surface area contributed by atoms with E-state index in [4.69, 9.17) is 0 Å². The highest BCUT2D eigenvalue weighted by Gasteiger charge is 2.25. The molecule has 1 rings (SSSR count). The Hall–Kier alpha value is -0.660. The second-order valence-electron chi connectivity index (χ2n) is 5.03. The van der Waals surface area contributed by atoms with Crippen LogP contribution in [0.1, 0.15) is 59.8 Å². The summed E-state index contributed by atoms with van der Waals surface area (Å²) in [5.41, 5.74) is 0. The van der Waals surface area contributed by atoms with E-state index in [0.717, 1.165) is 0 Å². The fourth-order valence-corrected chi connectivity index (χ4v) is 2.44. The largest absolute Gasteiger partial charge is 0.356 e. The van der Waals surface area contributed by atoms with E-state index in [-0.39, 0.29) is 0 Å². The molecule has 1 aliphatic rings. The van der Waals surface area contributed by atoms with Gasteiger partial charge in [-0.15, -0.1) is 0 Å². The zero-order valence-corrected chi connectivity index (χ0v) is 11.4. The third kappa shape index (κ3) is 3.43. The summed E-state index contributed by atoms with van der Waals surface area (Å²) in [7, 11) is 0. The van der Waals surface area contributed by atoms with Crippen molar-refractivity contribution in [3.8, 4) is 0 Å². The van der Waals surface area contributed by atoms with Crippen LogP contribution < -0.4 is 0 Å². The van der Waals surface area contributed by atoms with Gasteiger partial charge in [0, 0.05) is 25.0 Å². The van der Waals surface area contributed by atoms with Gasteiger partial charge in [0.1, 0.15) is 6.17 Å². The minimum Gasteiger partial charge on any atom is -0.356 e. The van der Waals surface area contributed by atoms with E-state index in [1.54, 1.807) is 0 Å². The van der Waals surface area contributed by atoms with Crippen LogP contribution in [0.3, 0.4) is 0 Å². The minimum absolute atomic E-state index is 0.599. The first-order chi connectivity index (χ1) is 7.70. The summed E-state index contributed by atoms with van der Waals surface area (Å²) in [4.78, 5) is 4.98. The average Bonchev–Trinajstić information content (AvgIpc) is 2.67. The van der Waals surface area contributed by atoms with E-state index >= 15 is 0 Å². The van der Waals surface area contributed by atoms with Crippen LogP contribution in [0.4, 0.5) is 0 Å². The van der Waals surface area contributed by atoms with E-state index in [1.807, 2.05) is 0 Å². The fourth-order valence-electron chi connectivity index (χ4n) is 2.44. The topological polar surface area (TPSA) is 6.48 Å². The first-order valence-electron chi connectivity index (χ1n) is 6.92. The molecule has 0 aromatic heterocycles. The molecule has 0 bridgehead atoms. The second kappa shape index (κ2) is 6.82. The van der Waals surface area contributed by atoms with Crippen LogP contribution in [0.5, 0.6) is 0 Å². The van der Waals surface area contributed by atoms with Gasteiger partial charge in [-0.3, -0.25) is 0 Å². The maximum Gasteiger partial charge on any atom is 0.101 e. The molecule has 1 aliphatic heterocycles. The van der Waals surface area contributed by atoms with Crippen molar-refractivity contribution in [2.24, 2.45) is 0 Å². The highest BCUT2D eigenvalue weighted by Crippen LogP contribution is 2.21. The van der Waals surface area contributed by atoms with Crippen molar-refractivity contribution in [3.63, 3.8) is 0 Å². The van der Waals surface area contributed by atoms with Crippen LogP contribution in [-0.4, -0.2) is 28.6 Å². The summed E-state index contributed by atoms with van der Waals surface area (Å²) in [5, 5.41) is 0. The first-order valence-corrected chi connectivity index (χ1v) is 6.92. The Labute approximate surface area is 101 Å². The molecule has 16 heavy (non-hydrogen) atoms. The lowest BCUT2D eigenvalue weighted by molar-refractivity contribution is 0.121. The lowest BCUT2D eigenvalue weighted by Gasteiger charge is -2.34. The van der Waals surface area contributed by atoms with Gasteiger partial charge in [0.05, 0.1) is 0 Å². The molecule has 0 aromatic rings. The van der Waals surface area contributed by atoms with Crippen LogP contribution in [0.2, 0.25) is 0 Å². The van der Waals surface area contributed by atoms with Crippen LogP contribution >= 0.6 is 0 Å². The van der Waals surface area contributed by atoms with Gasteiger partial charge in [-0.25, -0.2) is 0 Å². The van der Waals surface area contributed by atoms with Crippen molar-refractivity contribution in [1.82, 2.24) is 9.80 Å². The van der Waals surface area contributed by atoms with Crippen molar-refractivity contribution in [2.75, 3.05) is 6.54 Å². The average molecular weight is 224 g/mol. The van der Waals surface area contributed by atoms with Gasteiger partial charge < -0.3 is 9.80 Å². The predicted octanol–water partition coefficient (Wildman–Crippen LogP) is 3.80. The summed E-state index contributed by atoms with van der Waals surface area (Å²) in [6.45, 7) is 10.3. The van der Waals surface area contributed by atoms with Gasteiger partial charge >= 0.3 is 0 Å². The molecular formula is C14H28N2. The lowest BCUT2D eigenvalue weighted by atomic mass is 10.2. The van der Waals surface area contributed by atoms with E-state index in [9.17, 15) is 0 Å². The van der Waals surface area contributed by atoms with E-state index in [1.165, 1.54) is 38.6 Å². The molecule has 0 amide bonds. The molecule has 1 heterocycles. The summed E-state index contributed by atoms with van der Waals surface area (Å²) in [6.07, 6.45) is 11.8. The fraction of sp³-hybridized carbons (Fsp3) is 0.857. The van der Waals surface area contributed by atoms with E-state index < -0.39 is 0 Å². The highest BCUT2D eigenvalue weighted by molar-refractivity contribution is 4.97. The summed E-state index contributed by atoms with van der Waals surface area (Å²) < 4.78 is 0. The summed E-state index contributed by atoms with van der Waals surface area (Å²) >= 11 is 0. The van der Waals surface area contributed by atoms with Gasteiger partial charge in [-0.1, -0.05) is 33.1 Å². The van der Waals surface area contributed by atoms with Crippen molar-refractivity contribution in [1.29, 1.82) is 0 Å². The molecule has 0 radical (unpaired) electrons. The SMILES string of the molecule is CCCCCCN1C=CN(C(C)C)C1CC. The smallest absolute Gasteiger partial charge is 0.101 e. The molecule has 94 valence electrons. The predicted molar refractivity (Wildman–Crippen MR) is 71.0 cm³/mol. The molecule has 2 nitrogen and oxygen atoms in total. The Bertz CT molecular complexity index is 211. The zero-order chi connectivity index (χ0) is 12.0. The van der Waals surface area contributed by atoms with Crippen LogP contribution in [0.15, 0.2) is 12.4 Å². The standard InChI is InChI=1S/C14H28N2/c1-5-7-8-9-10-15-11-12-16(13(3)4)14(15)6-2/h11-14H,5-10H2,1-4H3. The molecule has 0 spiro atoms. The third-order valence-corrected chi connectivity index (χ3v) is 3.39. The number of unbranched alkanes of at least 4 members (excludes halogenated alkanes) is 3. The Morgan fingerprint density at radius 1 is 1.06 bits per heavy atom. The quantitative estimate of drug-likeness (QED) is 0.607.